The normalized spacial score (nSPS) is 26.0. The van der Waals surface area contributed by atoms with Crippen molar-refractivity contribution in [2.45, 2.75) is 46.0 Å². The van der Waals surface area contributed by atoms with Crippen LogP contribution >= 0.6 is 0 Å². The van der Waals surface area contributed by atoms with E-state index in [2.05, 4.69) is 63.2 Å². The van der Waals surface area contributed by atoms with Gasteiger partial charge in [-0.2, -0.15) is 0 Å². The van der Waals surface area contributed by atoms with E-state index in [1.54, 1.807) is 0 Å². The molecule has 2 aromatic carbocycles. The molecule has 1 aliphatic carbocycles. The molecule has 0 spiro atoms. The summed E-state index contributed by atoms with van der Waals surface area (Å²) in [6.07, 6.45) is 3.64. The van der Waals surface area contributed by atoms with E-state index in [1.165, 1.54) is 29.2 Å². The molecule has 0 radical (unpaired) electrons. The fourth-order valence-corrected chi connectivity index (χ4v) is 4.35. The van der Waals surface area contributed by atoms with Gasteiger partial charge in [0.1, 0.15) is 0 Å². The van der Waals surface area contributed by atoms with E-state index < -0.39 is 0 Å². The number of rotatable bonds is 3. The fraction of sp³-hybridized carbons (Fsp3) is 0.524. The molecular weight excluding hydrogens is 268 g/mol. The number of hydrogen-bond acceptors (Lipinski definition) is 1. The molecule has 1 fully saturated rings. The summed E-state index contributed by atoms with van der Waals surface area (Å²) in [6, 6.07) is 15.4. The maximum atomic E-state index is 9.86. The number of aliphatic hydroxyl groups excluding tert-OH is 1. The Balaban J connectivity index is 1.86. The largest absolute Gasteiger partial charge is 0.396 e. The Hall–Kier alpha value is -1.34. The SMILES string of the molecule is CC(c1ccc2ccccc2c1)C1CCC(C)(C)CC1CO. The van der Waals surface area contributed by atoms with E-state index in [1.807, 2.05) is 0 Å². The van der Waals surface area contributed by atoms with Gasteiger partial charge in [-0.15, -0.1) is 0 Å². The average Bonchev–Trinajstić information content (AvgIpc) is 2.53. The maximum Gasteiger partial charge on any atom is 0.0462 e. The lowest BCUT2D eigenvalue weighted by molar-refractivity contribution is 0.0572. The smallest absolute Gasteiger partial charge is 0.0462 e. The van der Waals surface area contributed by atoms with Crippen LogP contribution in [0.2, 0.25) is 0 Å². The van der Waals surface area contributed by atoms with Crippen molar-refractivity contribution in [3.8, 4) is 0 Å². The molecule has 3 atom stereocenters. The quantitative estimate of drug-likeness (QED) is 0.806. The number of benzene rings is 2. The molecule has 3 rings (SSSR count). The van der Waals surface area contributed by atoms with Gasteiger partial charge in [0.25, 0.3) is 0 Å². The van der Waals surface area contributed by atoms with Crippen LogP contribution in [0.25, 0.3) is 10.8 Å². The van der Waals surface area contributed by atoms with Crippen LogP contribution in [0.1, 0.15) is 51.5 Å². The molecule has 1 nitrogen and oxygen atoms in total. The Morgan fingerprint density at radius 1 is 1.14 bits per heavy atom. The van der Waals surface area contributed by atoms with Crippen LogP contribution in [-0.4, -0.2) is 11.7 Å². The van der Waals surface area contributed by atoms with Gasteiger partial charge in [-0.1, -0.05) is 63.2 Å². The van der Waals surface area contributed by atoms with E-state index in [4.69, 9.17) is 0 Å². The summed E-state index contributed by atoms with van der Waals surface area (Å²) in [6.45, 7) is 7.35. The summed E-state index contributed by atoms with van der Waals surface area (Å²) < 4.78 is 0. The summed E-state index contributed by atoms with van der Waals surface area (Å²) in [5, 5.41) is 12.5. The van der Waals surface area contributed by atoms with Gasteiger partial charge in [-0.05, 0) is 58.8 Å². The molecule has 0 aromatic heterocycles. The van der Waals surface area contributed by atoms with Gasteiger partial charge in [0.2, 0.25) is 0 Å². The maximum absolute atomic E-state index is 9.86. The predicted molar refractivity (Wildman–Crippen MR) is 94.1 cm³/mol. The van der Waals surface area contributed by atoms with E-state index in [0.717, 1.165) is 6.42 Å². The van der Waals surface area contributed by atoms with E-state index in [9.17, 15) is 5.11 Å². The number of hydrogen-bond donors (Lipinski definition) is 1. The van der Waals surface area contributed by atoms with Crippen LogP contribution in [0, 0.1) is 17.3 Å². The highest BCUT2D eigenvalue weighted by Crippen LogP contribution is 2.47. The average molecular weight is 296 g/mol. The molecule has 118 valence electrons. The molecule has 22 heavy (non-hydrogen) atoms. The summed E-state index contributed by atoms with van der Waals surface area (Å²) in [7, 11) is 0. The zero-order valence-corrected chi connectivity index (χ0v) is 14.0. The highest BCUT2D eigenvalue weighted by Gasteiger charge is 2.37. The first kappa shape index (κ1) is 15.6. The Labute approximate surface area is 134 Å². The Morgan fingerprint density at radius 3 is 2.59 bits per heavy atom. The molecule has 0 aliphatic heterocycles. The third-order valence-corrected chi connectivity index (χ3v) is 5.75. The summed E-state index contributed by atoms with van der Waals surface area (Å²) in [5.74, 6) is 1.54. The van der Waals surface area contributed by atoms with Crippen molar-refractivity contribution < 1.29 is 5.11 Å². The molecule has 1 heteroatoms. The van der Waals surface area contributed by atoms with Crippen molar-refractivity contribution in [1.82, 2.24) is 0 Å². The van der Waals surface area contributed by atoms with Crippen LogP contribution in [0.15, 0.2) is 42.5 Å². The first-order valence-electron chi connectivity index (χ1n) is 8.60. The van der Waals surface area contributed by atoms with Crippen LogP contribution in [-0.2, 0) is 0 Å². The molecule has 3 unspecified atom stereocenters. The van der Waals surface area contributed by atoms with Gasteiger partial charge < -0.3 is 5.11 Å². The van der Waals surface area contributed by atoms with Crippen molar-refractivity contribution in [2.24, 2.45) is 17.3 Å². The van der Waals surface area contributed by atoms with Gasteiger partial charge in [-0.25, -0.2) is 0 Å². The monoisotopic (exact) mass is 296 g/mol. The van der Waals surface area contributed by atoms with Crippen LogP contribution < -0.4 is 0 Å². The summed E-state index contributed by atoms with van der Waals surface area (Å²) >= 11 is 0. The molecule has 1 saturated carbocycles. The van der Waals surface area contributed by atoms with Gasteiger partial charge in [0.15, 0.2) is 0 Å². The van der Waals surface area contributed by atoms with Gasteiger partial charge in [0.05, 0.1) is 0 Å². The molecular formula is C21H28O. The fourth-order valence-electron chi connectivity index (χ4n) is 4.35. The summed E-state index contributed by atoms with van der Waals surface area (Å²) in [5.41, 5.74) is 1.80. The second kappa shape index (κ2) is 6.04. The zero-order valence-electron chi connectivity index (χ0n) is 14.0. The van der Waals surface area contributed by atoms with E-state index in [0.29, 0.717) is 29.8 Å². The number of fused-ring (bicyclic) bond motifs is 1. The lowest BCUT2D eigenvalue weighted by Crippen LogP contribution is -2.34. The minimum atomic E-state index is 0.325. The van der Waals surface area contributed by atoms with Crippen molar-refractivity contribution in [2.75, 3.05) is 6.61 Å². The third-order valence-electron chi connectivity index (χ3n) is 5.75. The zero-order chi connectivity index (χ0) is 15.7. The molecule has 1 N–H and O–H groups in total. The minimum Gasteiger partial charge on any atom is -0.396 e. The van der Waals surface area contributed by atoms with E-state index in [-0.39, 0.29) is 0 Å². The predicted octanol–water partition coefficient (Wildman–Crippen LogP) is 5.38. The molecule has 0 amide bonds. The Bertz CT molecular complexity index is 643. The van der Waals surface area contributed by atoms with Crippen molar-refractivity contribution in [1.29, 1.82) is 0 Å². The van der Waals surface area contributed by atoms with Crippen LogP contribution in [0.3, 0.4) is 0 Å². The van der Waals surface area contributed by atoms with Gasteiger partial charge in [0, 0.05) is 6.61 Å². The Morgan fingerprint density at radius 2 is 1.86 bits per heavy atom. The van der Waals surface area contributed by atoms with E-state index >= 15 is 0 Å². The van der Waals surface area contributed by atoms with Gasteiger partial charge in [-0.3, -0.25) is 0 Å². The van der Waals surface area contributed by atoms with Crippen molar-refractivity contribution in [3.05, 3.63) is 48.0 Å². The molecule has 0 bridgehead atoms. The standard InChI is InChI=1S/C21H28O/c1-15(20-10-11-21(2,3)13-19(20)14-22)17-9-8-16-6-4-5-7-18(16)12-17/h4-9,12,15,19-20,22H,10-11,13-14H2,1-3H3. The van der Waals surface area contributed by atoms with Crippen molar-refractivity contribution in [3.63, 3.8) is 0 Å². The lowest BCUT2D eigenvalue weighted by Gasteiger charge is -2.42. The van der Waals surface area contributed by atoms with Crippen LogP contribution in [0.5, 0.6) is 0 Å². The Kier molecular flexibility index (Phi) is 4.27. The van der Waals surface area contributed by atoms with Crippen LogP contribution in [0.4, 0.5) is 0 Å². The summed E-state index contributed by atoms with van der Waals surface area (Å²) in [4.78, 5) is 0. The first-order valence-corrected chi connectivity index (χ1v) is 8.60. The lowest BCUT2D eigenvalue weighted by atomic mass is 9.63. The molecule has 0 heterocycles. The first-order chi connectivity index (χ1) is 10.5. The third kappa shape index (κ3) is 3.05. The topological polar surface area (TPSA) is 20.2 Å². The molecule has 2 aromatic rings. The minimum absolute atomic E-state index is 0.325. The second-order valence-electron chi connectivity index (χ2n) is 7.91. The van der Waals surface area contributed by atoms with Crippen molar-refractivity contribution >= 4 is 10.8 Å². The molecule has 0 saturated heterocycles. The second-order valence-corrected chi connectivity index (χ2v) is 7.91. The molecule has 1 aliphatic rings. The van der Waals surface area contributed by atoms with Gasteiger partial charge >= 0.3 is 0 Å². The highest BCUT2D eigenvalue weighted by atomic mass is 16.3. The highest BCUT2D eigenvalue weighted by molar-refractivity contribution is 5.83. The number of aliphatic hydroxyl groups is 1.